The van der Waals surface area contributed by atoms with Gasteiger partial charge in [0.15, 0.2) is 0 Å². The normalized spacial score (nSPS) is 10.7. The van der Waals surface area contributed by atoms with Crippen LogP contribution in [0.4, 0.5) is 0 Å². The fraction of sp³-hybridized carbons (Fsp3) is 0.133. The van der Waals surface area contributed by atoms with Crippen LogP contribution in [0.15, 0.2) is 49.1 Å². The smallest absolute Gasteiger partial charge is 0.338 e. The van der Waals surface area contributed by atoms with E-state index in [-0.39, 0.29) is 12.4 Å². The van der Waals surface area contributed by atoms with Gasteiger partial charge in [-0.05, 0) is 17.5 Å². The second kappa shape index (κ2) is 5.62. The van der Waals surface area contributed by atoms with Crippen molar-refractivity contribution in [3.05, 3.63) is 54.6 Å². The molecule has 0 atom stereocenters. The molecule has 0 saturated carbocycles. The number of aromatic hydroxyl groups is 1. The summed E-state index contributed by atoms with van der Waals surface area (Å²) in [5.41, 5.74) is 0.324. The number of phenols is 1. The van der Waals surface area contributed by atoms with Crippen molar-refractivity contribution in [1.29, 1.82) is 0 Å². The van der Waals surface area contributed by atoms with Crippen molar-refractivity contribution in [2.45, 2.75) is 6.54 Å². The molecular formula is C15H13N3O3. The number of aromatic nitrogens is 3. The number of esters is 1. The minimum atomic E-state index is -0.476. The van der Waals surface area contributed by atoms with E-state index in [0.717, 1.165) is 5.39 Å². The lowest BCUT2D eigenvalue weighted by Crippen LogP contribution is -2.11. The van der Waals surface area contributed by atoms with Gasteiger partial charge < -0.3 is 9.84 Å². The summed E-state index contributed by atoms with van der Waals surface area (Å²) in [6.07, 6.45) is 2.97. The average Bonchev–Trinajstić information content (AvgIpc) is 3.00. The Balaban J connectivity index is 1.72. The Labute approximate surface area is 120 Å². The van der Waals surface area contributed by atoms with Crippen molar-refractivity contribution in [1.82, 2.24) is 14.8 Å². The minimum Gasteiger partial charge on any atom is -0.507 e. The average molecular weight is 283 g/mol. The van der Waals surface area contributed by atoms with Crippen molar-refractivity contribution in [3.63, 3.8) is 0 Å². The van der Waals surface area contributed by atoms with Crippen LogP contribution in [0.1, 0.15) is 10.4 Å². The molecule has 0 radical (unpaired) electrons. The standard InChI is InChI=1S/C15H13N3O3/c19-14-8-12(7-11-3-1-2-4-13(11)14)15(20)21-6-5-18-10-16-9-17-18/h1-4,7-10,19H,5-6H2. The van der Waals surface area contributed by atoms with Gasteiger partial charge in [-0.2, -0.15) is 5.10 Å². The third kappa shape index (κ3) is 2.84. The van der Waals surface area contributed by atoms with E-state index in [0.29, 0.717) is 17.5 Å². The summed E-state index contributed by atoms with van der Waals surface area (Å²) in [6, 6.07) is 10.4. The molecule has 0 spiro atoms. The maximum Gasteiger partial charge on any atom is 0.338 e. The van der Waals surface area contributed by atoms with Gasteiger partial charge >= 0.3 is 5.97 Å². The summed E-state index contributed by atoms with van der Waals surface area (Å²) < 4.78 is 6.74. The second-order valence-corrected chi connectivity index (χ2v) is 4.51. The number of benzene rings is 2. The van der Waals surface area contributed by atoms with Gasteiger partial charge in [-0.1, -0.05) is 24.3 Å². The Hall–Kier alpha value is -2.89. The molecule has 0 aliphatic carbocycles. The number of hydrogen-bond acceptors (Lipinski definition) is 5. The quantitative estimate of drug-likeness (QED) is 0.741. The Morgan fingerprint density at radius 3 is 2.95 bits per heavy atom. The lowest BCUT2D eigenvalue weighted by atomic mass is 10.1. The molecule has 21 heavy (non-hydrogen) atoms. The van der Waals surface area contributed by atoms with Crippen molar-refractivity contribution >= 4 is 16.7 Å². The molecule has 0 aliphatic heterocycles. The lowest BCUT2D eigenvalue weighted by molar-refractivity contribution is 0.0487. The van der Waals surface area contributed by atoms with E-state index in [1.54, 1.807) is 23.1 Å². The van der Waals surface area contributed by atoms with Gasteiger partial charge in [-0.25, -0.2) is 14.5 Å². The highest BCUT2D eigenvalue weighted by Gasteiger charge is 2.11. The van der Waals surface area contributed by atoms with Crippen LogP contribution in [-0.4, -0.2) is 32.4 Å². The number of phenolic OH excluding ortho intramolecular Hbond substituents is 1. The second-order valence-electron chi connectivity index (χ2n) is 4.51. The number of ether oxygens (including phenoxy) is 1. The summed E-state index contributed by atoms with van der Waals surface area (Å²) in [7, 11) is 0. The molecule has 3 rings (SSSR count). The molecule has 1 N–H and O–H groups in total. The van der Waals surface area contributed by atoms with E-state index in [9.17, 15) is 9.90 Å². The van der Waals surface area contributed by atoms with Gasteiger partial charge in [0.1, 0.15) is 25.0 Å². The van der Waals surface area contributed by atoms with Gasteiger partial charge in [0.25, 0.3) is 0 Å². The van der Waals surface area contributed by atoms with Gasteiger partial charge in [-0.3, -0.25) is 0 Å². The molecule has 6 nitrogen and oxygen atoms in total. The van der Waals surface area contributed by atoms with Crippen LogP contribution in [0.5, 0.6) is 5.75 Å². The molecule has 1 heterocycles. The largest absolute Gasteiger partial charge is 0.507 e. The summed E-state index contributed by atoms with van der Waals surface area (Å²) in [5.74, 6) is -0.410. The summed E-state index contributed by atoms with van der Waals surface area (Å²) in [4.78, 5) is 15.8. The Morgan fingerprint density at radius 1 is 1.29 bits per heavy atom. The number of nitrogens with zero attached hydrogens (tertiary/aromatic N) is 3. The molecule has 1 aromatic heterocycles. The lowest BCUT2D eigenvalue weighted by Gasteiger charge is -2.07. The molecule has 0 saturated heterocycles. The molecule has 3 aromatic rings. The van der Waals surface area contributed by atoms with Gasteiger partial charge in [0.2, 0.25) is 0 Å². The SMILES string of the molecule is O=C(OCCn1cncn1)c1cc(O)c2ccccc2c1. The molecular weight excluding hydrogens is 270 g/mol. The van der Waals surface area contributed by atoms with E-state index in [2.05, 4.69) is 10.1 Å². The predicted molar refractivity (Wildman–Crippen MR) is 75.9 cm³/mol. The summed E-state index contributed by atoms with van der Waals surface area (Å²) in [6.45, 7) is 0.626. The fourth-order valence-corrected chi connectivity index (χ4v) is 2.07. The van der Waals surface area contributed by atoms with Crippen LogP contribution < -0.4 is 0 Å². The van der Waals surface area contributed by atoms with E-state index in [1.165, 1.54) is 12.4 Å². The maximum atomic E-state index is 12.0. The van der Waals surface area contributed by atoms with E-state index in [1.807, 2.05) is 18.2 Å². The van der Waals surface area contributed by atoms with Gasteiger partial charge in [-0.15, -0.1) is 0 Å². The number of rotatable bonds is 4. The van der Waals surface area contributed by atoms with Crippen LogP contribution >= 0.6 is 0 Å². The predicted octanol–water partition coefficient (Wildman–Crippen LogP) is 1.99. The van der Waals surface area contributed by atoms with Crippen molar-refractivity contribution in [2.24, 2.45) is 0 Å². The first kappa shape index (κ1) is 13.1. The first-order valence-corrected chi connectivity index (χ1v) is 6.45. The molecule has 0 aliphatic rings. The van der Waals surface area contributed by atoms with Crippen LogP contribution in [0.2, 0.25) is 0 Å². The molecule has 0 bridgehead atoms. The van der Waals surface area contributed by atoms with Gasteiger partial charge in [0.05, 0.1) is 12.1 Å². The zero-order chi connectivity index (χ0) is 14.7. The monoisotopic (exact) mass is 283 g/mol. The van der Waals surface area contributed by atoms with E-state index >= 15 is 0 Å². The van der Waals surface area contributed by atoms with Crippen molar-refractivity contribution in [3.8, 4) is 5.75 Å². The number of carbonyl (C=O) groups is 1. The molecule has 106 valence electrons. The third-order valence-electron chi connectivity index (χ3n) is 3.10. The van der Waals surface area contributed by atoms with E-state index in [4.69, 9.17) is 4.74 Å². The molecule has 0 amide bonds. The highest BCUT2D eigenvalue weighted by atomic mass is 16.5. The minimum absolute atomic E-state index is 0.0660. The van der Waals surface area contributed by atoms with Crippen molar-refractivity contribution in [2.75, 3.05) is 6.61 Å². The third-order valence-corrected chi connectivity index (χ3v) is 3.10. The molecule has 0 fully saturated rings. The van der Waals surface area contributed by atoms with Crippen LogP contribution in [0.25, 0.3) is 10.8 Å². The topological polar surface area (TPSA) is 77.2 Å². The van der Waals surface area contributed by atoms with Crippen LogP contribution in [-0.2, 0) is 11.3 Å². The fourth-order valence-electron chi connectivity index (χ4n) is 2.07. The van der Waals surface area contributed by atoms with Gasteiger partial charge in [0, 0.05) is 5.39 Å². The number of fused-ring (bicyclic) bond motifs is 1. The summed E-state index contributed by atoms with van der Waals surface area (Å²) in [5, 5.41) is 15.4. The zero-order valence-corrected chi connectivity index (χ0v) is 11.1. The van der Waals surface area contributed by atoms with Crippen LogP contribution in [0, 0.1) is 0 Å². The Kier molecular flexibility index (Phi) is 3.51. The number of carbonyl (C=O) groups excluding carboxylic acids is 1. The van der Waals surface area contributed by atoms with E-state index < -0.39 is 5.97 Å². The highest BCUT2D eigenvalue weighted by Crippen LogP contribution is 2.26. The first-order valence-electron chi connectivity index (χ1n) is 6.45. The molecule has 2 aromatic carbocycles. The first-order chi connectivity index (χ1) is 10.2. The van der Waals surface area contributed by atoms with Crippen molar-refractivity contribution < 1.29 is 14.6 Å². The maximum absolute atomic E-state index is 12.0. The number of hydrogen-bond donors (Lipinski definition) is 1. The Morgan fingerprint density at radius 2 is 2.14 bits per heavy atom. The molecule has 6 heteroatoms. The molecule has 0 unspecified atom stereocenters. The highest BCUT2D eigenvalue weighted by molar-refractivity contribution is 5.98. The Bertz CT molecular complexity index is 769. The zero-order valence-electron chi connectivity index (χ0n) is 11.1. The van der Waals surface area contributed by atoms with Crippen LogP contribution in [0.3, 0.4) is 0 Å². The summed E-state index contributed by atoms with van der Waals surface area (Å²) >= 11 is 0.